The molecule has 1 atom stereocenters. The number of nitrogens with zero attached hydrogens (tertiary/aromatic N) is 4. The molecule has 0 aromatic carbocycles. The molecule has 2 aliphatic rings. The van der Waals surface area contributed by atoms with E-state index in [9.17, 15) is 0 Å². The van der Waals surface area contributed by atoms with Crippen LogP contribution in [0.25, 0.3) is 0 Å². The third-order valence-electron chi connectivity index (χ3n) is 4.13. The van der Waals surface area contributed by atoms with E-state index in [1.165, 1.54) is 19.3 Å². The molecule has 1 unspecified atom stereocenters. The standard InChI is InChI=1S/C12H20N4O/c1-9-12-14-13-11(8-17-2)16(12)7-6-15(9)10-4-3-5-10/h9-10H,3-8H2,1-2H3. The van der Waals surface area contributed by atoms with Crippen LogP contribution in [-0.4, -0.2) is 39.4 Å². The summed E-state index contributed by atoms with van der Waals surface area (Å²) in [7, 11) is 1.70. The predicted molar refractivity (Wildman–Crippen MR) is 63.5 cm³/mol. The first-order valence-corrected chi connectivity index (χ1v) is 6.48. The number of fused-ring (bicyclic) bond motifs is 1. The summed E-state index contributed by atoms with van der Waals surface area (Å²) in [5.41, 5.74) is 0. The maximum atomic E-state index is 5.16. The van der Waals surface area contributed by atoms with Gasteiger partial charge in [0.25, 0.3) is 0 Å². The fraction of sp³-hybridized carbons (Fsp3) is 0.833. The Balaban J connectivity index is 1.82. The maximum absolute atomic E-state index is 5.16. The monoisotopic (exact) mass is 236 g/mol. The lowest BCUT2D eigenvalue weighted by atomic mass is 9.90. The molecule has 0 saturated heterocycles. The van der Waals surface area contributed by atoms with Crippen molar-refractivity contribution in [3.63, 3.8) is 0 Å². The van der Waals surface area contributed by atoms with Crippen LogP contribution in [0.4, 0.5) is 0 Å². The zero-order valence-electron chi connectivity index (χ0n) is 10.6. The summed E-state index contributed by atoms with van der Waals surface area (Å²) in [6.45, 7) is 4.92. The van der Waals surface area contributed by atoms with Crippen LogP contribution in [0.2, 0.25) is 0 Å². The van der Waals surface area contributed by atoms with Gasteiger partial charge in [0, 0.05) is 26.2 Å². The summed E-state index contributed by atoms with van der Waals surface area (Å²) in [6, 6.07) is 1.17. The largest absolute Gasteiger partial charge is 0.377 e. The first kappa shape index (κ1) is 11.2. The molecule has 0 radical (unpaired) electrons. The molecule has 1 fully saturated rings. The smallest absolute Gasteiger partial charge is 0.159 e. The number of rotatable bonds is 3. The summed E-state index contributed by atoms with van der Waals surface area (Å²) in [5, 5.41) is 8.58. The molecule has 1 aromatic rings. The molecule has 0 bridgehead atoms. The van der Waals surface area contributed by atoms with Crippen molar-refractivity contribution in [3.05, 3.63) is 11.6 Å². The van der Waals surface area contributed by atoms with Gasteiger partial charge in [-0.2, -0.15) is 0 Å². The van der Waals surface area contributed by atoms with E-state index in [-0.39, 0.29) is 0 Å². The summed E-state index contributed by atoms with van der Waals surface area (Å²) < 4.78 is 7.38. The minimum atomic E-state index is 0.396. The lowest BCUT2D eigenvalue weighted by Crippen LogP contribution is -2.46. The number of methoxy groups -OCH3 is 1. The highest BCUT2D eigenvalue weighted by molar-refractivity contribution is 5.05. The van der Waals surface area contributed by atoms with E-state index in [4.69, 9.17) is 4.74 Å². The summed E-state index contributed by atoms with van der Waals surface area (Å²) in [6.07, 6.45) is 4.09. The highest BCUT2D eigenvalue weighted by Crippen LogP contribution is 2.33. The molecule has 1 aliphatic carbocycles. The molecule has 0 spiro atoms. The summed E-state index contributed by atoms with van der Waals surface area (Å²) in [4.78, 5) is 2.59. The molecule has 3 rings (SSSR count). The minimum Gasteiger partial charge on any atom is -0.377 e. The topological polar surface area (TPSA) is 43.2 Å². The first-order chi connectivity index (χ1) is 8.31. The van der Waals surface area contributed by atoms with Gasteiger partial charge in [0.15, 0.2) is 5.82 Å². The Morgan fingerprint density at radius 3 is 2.76 bits per heavy atom. The van der Waals surface area contributed by atoms with E-state index in [0.717, 1.165) is 30.8 Å². The van der Waals surface area contributed by atoms with Crippen molar-refractivity contribution < 1.29 is 4.74 Å². The van der Waals surface area contributed by atoms with Gasteiger partial charge < -0.3 is 9.30 Å². The Hall–Kier alpha value is -0.940. The minimum absolute atomic E-state index is 0.396. The predicted octanol–water partition coefficient (Wildman–Crippen LogP) is 1.35. The lowest BCUT2D eigenvalue weighted by Gasteiger charge is -2.43. The van der Waals surface area contributed by atoms with Gasteiger partial charge in [-0.15, -0.1) is 10.2 Å². The van der Waals surface area contributed by atoms with Crippen molar-refractivity contribution in [1.29, 1.82) is 0 Å². The zero-order valence-corrected chi connectivity index (χ0v) is 10.6. The third-order valence-corrected chi connectivity index (χ3v) is 4.13. The number of hydrogen-bond donors (Lipinski definition) is 0. The van der Waals surface area contributed by atoms with Crippen LogP contribution < -0.4 is 0 Å². The molecule has 1 saturated carbocycles. The Bertz CT molecular complexity index is 399. The molecule has 0 N–H and O–H groups in total. The van der Waals surface area contributed by atoms with Crippen LogP contribution in [0.1, 0.15) is 43.9 Å². The van der Waals surface area contributed by atoms with Crippen LogP contribution in [-0.2, 0) is 17.9 Å². The normalized spacial score (nSPS) is 25.6. The van der Waals surface area contributed by atoms with Gasteiger partial charge >= 0.3 is 0 Å². The molecule has 5 nitrogen and oxygen atoms in total. The van der Waals surface area contributed by atoms with Gasteiger partial charge in [0.1, 0.15) is 12.4 Å². The first-order valence-electron chi connectivity index (χ1n) is 6.48. The van der Waals surface area contributed by atoms with E-state index >= 15 is 0 Å². The second-order valence-electron chi connectivity index (χ2n) is 5.06. The van der Waals surface area contributed by atoms with E-state index < -0.39 is 0 Å². The van der Waals surface area contributed by atoms with Gasteiger partial charge in [0.2, 0.25) is 0 Å². The molecule has 17 heavy (non-hydrogen) atoms. The maximum Gasteiger partial charge on any atom is 0.159 e. The van der Waals surface area contributed by atoms with Crippen molar-refractivity contribution in [3.8, 4) is 0 Å². The van der Waals surface area contributed by atoms with Crippen LogP contribution in [0.5, 0.6) is 0 Å². The van der Waals surface area contributed by atoms with E-state index in [2.05, 4.69) is 26.6 Å². The molecule has 1 aromatic heterocycles. The average molecular weight is 236 g/mol. The second-order valence-corrected chi connectivity index (χ2v) is 5.06. The molecule has 0 amide bonds. The Kier molecular flexibility index (Phi) is 2.88. The van der Waals surface area contributed by atoms with E-state index in [0.29, 0.717) is 12.6 Å². The molecule has 94 valence electrons. The van der Waals surface area contributed by atoms with Gasteiger partial charge in [0.05, 0.1) is 6.04 Å². The van der Waals surface area contributed by atoms with Crippen LogP contribution in [0, 0.1) is 0 Å². The fourth-order valence-corrected chi connectivity index (χ4v) is 2.91. The van der Waals surface area contributed by atoms with Crippen molar-refractivity contribution in [2.75, 3.05) is 13.7 Å². The van der Waals surface area contributed by atoms with E-state index in [1.807, 2.05) is 0 Å². The Morgan fingerprint density at radius 2 is 2.12 bits per heavy atom. The Morgan fingerprint density at radius 1 is 1.29 bits per heavy atom. The van der Waals surface area contributed by atoms with Gasteiger partial charge in [-0.1, -0.05) is 6.42 Å². The lowest BCUT2D eigenvalue weighted by molar-refractivity contribution is 0.0593. The SMILES string of the molecule is COCc1nnc2n1CCN(C1CCC1)C2C. The van der Waals surface area contributed by atoms with E-state index in [1.54, 1.807) is 7.11 Å². The van der Waals surface area contributed by atoms with Gasteiger partial charge in [-0.25, -0.2) is 0 Å². The fourth-order valence-electron chi connectivity index (χ4n) is 2.91. The molecule has 1 aliphatic heterocycles. The summed E-state index contributed by atoms with van der Waals surface area (Å²) in [5.74, 6) is 2.07. The van der Waals surface area contributed by atoms with Crippen molar-refractivity contribution >= 4 is 0 Å². The van der Waals surface area contributed by atoms with Crippen LogP contribution in [0.3, 0.4) is 0 Å². The second kappa shape index (κ2) is 4.38. The number of ether oxygens (including phenoxy) is 1. The number of hydrogen-bond acceptors (Lipinski definition) is 4. The van der Waals surface area contributed by atoms with Crippen molar-refractivity contribution in [2.45, 2.75) is 51.4 Å². The van der Waals surface area contributed by atoms with Crippen LogP contribution in [0.15, 0.2) is 0 Å². The average Bonchev–Trinajstić information content (AvgIpc) is 2.65. The number of aromatic nitrogens is 3. The Labute approximate surface area is 102 Å². The van der Waals surface area contributed by atoms with Gasteiger partial charge in [-0.3, -0.25) is 4.90 Å². The van der Waals surface area contributed by atoms with Crippen molar-refractivity contribution in [2.24, 2.45) is 0 Å². The molecule has 2 heterocycles. The highest BCUT2D eigenvalue weighted by Gasteiger charge is 2.34. The molecular formula is C12H20N4O. The quantitative estimate of drug-likeness (QED) is 0.794. The summed E-state index contributed by atoms with van der Waals surface area (Å²) >= 11 is 0. The molecule has 5 heteroatoms. The van der Waals surface area contributed by atoms with Crippen molar-refractivity contribution in [1.82, 2.24) is 19.7 Å². The van der Waals surface area contributed by atoms with Gasteiger partial charge in [-0.05, 0) is 19.8 Å². The zero-order chi connectivity index (χ0) is 11.8. The molecular weight excluding hydrogens is 216 g/mol. The third kappa shape index (κ3) is 1.77. The highest BCUT2D eigenvalue weighted by atomic mass is 16.5. The van der Waals surface area contributed by atoms with Crippen LogP contribution >= 0.6 is 0 Å².